The van der Waals surface area contributed by atoms with Gasteiger partial charge in [0.05, 0.1) is 39.9 Å². The number of thiazole rings is 1. The SMILES string of the molecule is C[C@@H](O)[C@H]1C(=O)N2C(C(=O)[O-])=C(Sc3nc4cc(Cl)ccc4s3)C[C@H]12. The van der Waals surface area contributed by atoms with Crippen LogP contribution in [0.1, 0.15) is 13.3 Å². The van der Waals surface area contributed by atoms with Crippen LogP contribution in [-0.4, -0.2) is 39.0 Å². The Hall–Kier alpha value is -1.61. The van der Waals surface area contributed by atoms with Crippen molar-refractivity contribution >= 4 is 56.8 Å². The minimum atomic E-state index is -1.38. The lowest BCUT2D eigenvalue weighted by atomic mass is 9.83. The maximum atomic E-state index is 12.2. The maximum absolute atomic E-state index is 12.2. The fourth-order valence-electron chi connectivity index (χ4n) is 3.34. The molecule has 9 heteroatoms. The van der Waals surface area contributed by atoms with Gasteiger partial charge in [0, 0.05) is 16.3 Å². The third-order valence-corrected chi connectivity index (χ3v) is 6.86. The van der Waals surface area contributed by atoms with E-state index >= 15 is 0 Å². The standard InChI is InChI=1S/C16H13ClN2O4S2/c1-6(20)12-9-5-11(13(15(22)23)19(9)14(12)21)25-16-18-8-4-7(17)2-3-10(8)24-16/h2-4,6,9,12,20H,5H2,1H3,(H,22,23)/p-1/t6-,9-,12-/m1/s1. The summed E-state index contributed by atoms with van der Waals surface area (Å²) >= 11 is 8.63. The number of carbonyl (C=O) groups excluding carboxylic acids is 2. The first-order chi connectivity index (χ1) is 11.9. The number of carboxylic acids is 1. The van der Waals surface area contributed by atoms with Crippen LogP contribution in [0.2, 0.25) is 5.02 Å². The minimum Gasteiger partial charge on any atom is -0.543 e. The molecule has 0 radical (unpaired) electrons. The van der Waals surface area contributed by atoms with Crippen LogP contribution in [0.25, 0.3) is 10.2 Å². The first-order valence-electron chi connectivity index (χ1n) is 7.56. The fourth-order valence-corrected chi connectivity index (χ4v) is 5.81. The van der Waals surface area contributed by atoms with E-state index < -0.39 is 18.0 Å². The number of amides is 1. The van der Waals surface area contributed by atoms with Crippen molar-refractivity contribution in [1.82, 2.24) is 9.88 Å². The van der Waals surface area contributed by atoms with E-state index in [0.717, 1.165) is 10.2 Å². The van der Waals surface area contributed by atoms with Gasteiger partial charge in [-0.15, -0.1) is 11.3 Å². The quantitative estimate of drug-likeness (QED) is 0.790. The topological polar surface area (TPSA) is 93.6 Å². The fraction of sp³-hybridized carbons (Fsp3) is 0.312. The smallest absolute Gasteiger partial charge is 0.235 e. The summed E-state index contributed by atoms with van der Waals surface area (Å²) in [6.45, 7) is 1.54. The van der Waals surface area contributed by atoms with Gasteiger partial charge in [-0.1, -0.05) is 23.4 Å². The Labute approximate surface area is 156 Å². The van der Waals surface area contributed by atoms with Crippen LogP contribution in [-0.2, 0) is 9.59 Å². The largest absolute Gasteiger partial charge is 0.543 e. The average molecular weight is 396 g/mol. The first kappa shape index (κ1) is 16.8. The monoisotopic (exact) mass is 395 g/mol. The Bertz CT molecular complexity index is 939. The number of hydrogen-bond donors (Lipinski definition) is 1. The molecule has 3 atom stereocenters. The van der Waals surface area contributed by atoms with E-state index in [-0.39, 0.29) is 17.6 Å². The molecule has 0 spiro atoms. The molecule has 6 nitrogen and oxygen atoms in total. The summed E-state index contributed by atoms with van der Waals surface area (Å²) in [5.74, 6) is -2.32. The van der Waals surface area contributed by atoms with Gasteiger partial charge in [-0.25, -0.2) is 4.98 Å². The molecule has 1 amide bonds. The molecule has 2 aliphatic rings. The van der Waals surface area contributed by atoms with E-state index in [1.807, 2.05) is 6.07 Å². The molecule has 1 saturated heterocycles. The van der Waals surface area contributed by atoms with Crippen LogP contribution in [0.3, 0.4) is 0 Å². The number of thioether (sulfide) groups is 1. The van der Waals surface area contributed by atoms with E-state index in [2.05, 4.69) is 4.98 Å². The molecule has 4 rings (SSSR count). The number of β-lactam (4-membered cyclic amide) rings is 1. The van der Waals surface area contributed by atoms with Crippen LogP contribution in [0.5, 0.6) is 0 Å². The minimum absolute atomic E-state index is 0.103. The number of carbonyl (C=O) groups is 2. The molecule has 0 saturated carbocycles. The predicted octanol–water partition coefficient (Wildman–Crippen LogP) is 1.61. The Morgan fingerprint density at radius 3 is 3.00 bits per heavy atom. The molecule has 0 aliphatic carbocycles. The first-order valence-corrected chi connectivity index (χ1v) is 9.57. The molecule has 1 aromatic carbocycles. The van der Waals surface area contributed by atoms with Gasteiger partial charge in [0.2, 0.25) is 5.91 Å². The number of carboxylic acid groups (broad SMARTS) is 1. The van der Waals surface area contributed by atoms with Crippen LogP contribution in [0.4, 0.5) is 0 Å². The van der Waals surface area contributed by atoms with Crippen LogP contribution >= 0.6 is 34.7 Å². The third kappa shape index (κ3) is 2.64. The average Bonchev–Trinajstić information content (AvgIpc) is 3.05. The molecular weight excluding hydrogens is 384 g/mol. The number of benzene rings is 1. The number of aliphatic hydroxyl groups excluding tert-OH is 1. The Morgan fingerprint density at radius 2 is 2.32 bits per heavy atom. The van der Waals surface area contributed by atoms with Crippen molar-refractivity contribution in [2.24, 2.45) is 5.92 Å². The Kier molecular flexibility index (Phi) is 4.03. The highest BCUT2D eigenvalue weighted by molar-refractivity contribution is 8.04. The highest BCUT2D eigenvalue weighted by Gasteiger charge is 2.55. The summed E-state index contributed by atoms with van der Waals surface area (Å²) in [6, 6.07) is 5.06. The second-order valence-corrected chi connectivity index (χ2v) is 8.81. The van der Waals surface area contributed by atoms with E-state index in [1.54, 1.807) is 19.1 Å². The normalized spacial score (nSPS) is 23.8. The number of hydrogen-bond acceptors (Lipinski definition) is 7. The number of fused-ring (bicyclic) bond motifs is 2. The number of aliphatic carboxylic acids is 1. The van der Waals surface area contributed by atoms with Gasteiger partial charge in [-0.3, -0.25) is 4.79 Å². The Morgan fingerprint density at radius 1 is 1.56 bits per heavy atom. The van der Waals surface area contributed by atoms with Crippen molar-refractivity contribution in [2.75, 3.05) is 0 Å². The molecule has 0 unspecified atom stereocenters. The molecular formula is C16H12ClN2O4S2-. The van der Waals surface area contributed by atoms with Gasteiger partial charge in [0.15, 0.2) is 4.34 Å². The van der Waals surface area contributed by atoms with E-state index in [4.69, 9.17) is 11.6 Å². The lowest BCUT2D eigenvalue weighted by Gasteiger charge is -2.45. The van der Waals surface area contributed by atoms with Gasteiger partial charge in [-0.05, 0) is 25.1 Å². The molecule has 130 valence electrons. The second-order valence-electron chi connectivity index (χ2n) is 6.00. The molecule has 1 N–H and O–H groups in total. The number of nitrogens with zero attached hydrogens (tertiary/aromatic N) is 2. The lowest BCUT2D eigenvalue weighted by molar-refractivity contribution is -0.301. The zero-order valence-electron chi connectivity index (χ0n) is 12.9. The number of rotatable bonds is 4. The van der Waals surface area contributed by atoms with Gasteiger partial charge < -0.3 is 19.9 Å². The zero-order chi connectivity index (χ0) is 17.9. The van der Waals surface area contributed by atoms with Gasteiger partial charge in [-0.2, -0.15) is 0 Å². The molecule has 3 heterocycles. The maximum Gasteiger partial charge on any atom is 0.235 e. The van der Waals surface area contributed by atoms with Gasteiger partial charge >= 0.3 is 0 Å². The summed E-state index contributed by atoms with van der Waals surface area (Å²) in [7, 11) is 0. The van der Waals surface area contributed by atoms with Crippen LogP contribution < -0.4 is 5.11 Å². The highest BCUT2D eigenvalue weighted by Crippen LogP contribution is 2.49. The molecule has 2 aliphatic heterocycles. The molecule has 1 aromatic heterocycles. The summed E-state index contributed by atoms with van der Waals surface area (Å²) in [4.78, 5) is 30.0. The molecule has 2 aromatic rings. The van der Waals surface area contributed by atoms with Gasteiger partial charge in [0.25, 0.3) is 0 Å². The van der Waals surface area contributed by atoms with Crippen molar-refractivity contribution in [1.29, 1.82) is 0 Å². The van der Waals surface area contributed by atoms with Crippen molar-refractivity contribution in [3.05, 3.63) is 33.8 Å². The van der Waals surface area contributed by atoms with E-state index in [0.29, 0.717) is 20.7 Å². The van der Waals surface area contributed by atoms with E-state index in [1.165, 1.54) is 28.0 Å². The Balaban J connectivity index is 1.66. The second kappa shape index (κ2) is 5.98. The van der Waals surface area contributed by atoms with E-state index in [9.17, 15) is 19.8 Å². The van der Waals surface area contributed by atoms with Crippen molar-refractivity contribution in [3.63, 3.8) is 0 Å². The van der Waals surface area contributed by atoms with Crippen molar-refractivity contribution in [3.8, 4) is 0 Å². The number of aromatic nitrogens is 1. The highest BCUT2D eigenvalue weighted by atomic mass is 35.5. The summed E-state index contributed by atoms with van der Waals surface area (Å²) in [6.07, 6.45) is -0.433. The lowest BCUT2D eigenvalue weighted by Crippen LogP contribution is -2.62. The predicted molar refractivity (Wildman–Crippen MR) is 92.9 cm³/mol. The molecule has 25 heavy (non-hydrogen) atoms. The zero-order valence-corrected chi connectivity index (χ0v) is 15.3. The summed E-state index contributed by atoms with van der Waals surface area (Å²) < 4.78 is 1.62. The van der Waals surface area contributed by atoms with Gasteiger partial charge in [0.1, 0.15) is 0 Å². The molecule has 1 fully saturated rings. The third-order valence-electron chi connectivity index (χ3n) is 4.42. The van der Waals surface area contributed by atoms with Crippen LogP contribution in [0.15, 0.2) is 33.1 Å². The number of aliphatic hydroxyl groups is 1. The summed E-state index contributed by atoms with van der Waals surface area (Å²) in [5, 5.41) is 21.9. The van der Waals surface area contributed by atoms with Crippen molar-refractivity contribution in [2.45, 2.75) is 29.8 Å². The summed E-state index contributed by atoms with van der Waals surface area (Å²) in [5.41, 5.74) is 0.643. The number of halogens is 1. The molecule has 0 bridgehead atoms. The van der Waals surface area contributed by atoms with Crippen LogP contribution in [0, 0.1) is 5.92 Å². The van der Waals surface area contributed by atoms with Crippen molar-refractivity contribution < 1.29 is 19.8 Å².